The first-order valence-corrected chi connectivity index (χ1v) is 7.44. The Morgan fingerprint density at radius 2 is 1.91 bits per heavy atom. The van der Waals surface area contributed by atoms with Crippen LogP contribution in [0.25, 0.3) is 11.1 Å². The Morgan fingerprint density at radius 3 is 2.52 bits per heavy atom. The number of ether oxygens (including phenoxy) is 2. The molecule has 0 bridgehead atoms. The smallest absolute Gasteiger partial charge is 0.292 e. The molecule has 0 saturated carbocycles. The maximum Gasteiger partial charge on any atom is 0.292 e. The van der Waals surface area contributed by atoms with E-state index in [1.807, 2.05) is 27.7 Å². The van der Waals surface area contributed by atoms with Crippen LogP contribution in [0.2, 0.25) is 0 Å². The third kappa shape index (κ3) is 3.98. The molecular formula is C18H19FN2O2. The minimum Gasteiger partial charge on any atom is -0.475 e. The Balaban J connectivity index is 2.60. The number of hydrogen-bond donors (Lipinski definition) is 0. The molecule has 0 spiro atoms. The Kier molecular flexibility index (Phi) is 5.17. The Morgan fingerprint density at radius 1 is 1.17 bits per heavy atom. The van der Waals surface area contributed by atoms with Crippen LogP contribution in [-0.4, -0.2) is 11.1 Å². The molecule has 120 valence electrons. The van der Waals surface area contributed by atoms with Crippen LogP contribution in [0.5, 0.6) is 11.6 Å². The molecule has 2 rings (SSSR count). The first-order chi connectivity index (χ1) is 10.9. The van der Waals surface area contributed by atoms with Gasteiger partial charge in [-0.2, -0.15) is 0 Å². The van der Waals surface area contributed by atoms with Crippen LogP contribution in [0.4, 0.5) is 4.39 Å². The molecule has 0 aliphatic carbocycles. The van der Waals surface area contributed by atoms with E-state index in [9.17, 15) is 4.39 Å². The molecule has 0 N–H and O–H groups in total. The number of nitrogens with zero attached hydrogens (tertiary/aromatic N) is 2. The van der Waals surface area contributed by atoms with Gasteiger partial charge in [0.15, 0.2) is 5.75 Å². The van der Waals surface area contributed by atoms with Crippen LogP contribution in [-0.2, 0) is 0 Å². The van der Waals surface area contributed by atoms with E-state index in [0.29, 0.717) is 28.3 Å². The topological polar surface area (TPSA) is 55.1 Å². The Labute approximate surface area is 135 Å². The zero-order valence-electron chi connectivity index (χ0n) is 13.6. The van der Waals surface area contributed by atoms with Gasteiger partial charge in [0.1, 0.15) is 5.82 Å². The molecule has 0 unspecified atom stereocenters. The molecule has 2 aromatic rings. The Hall–Kier alpha value is -2.61. The zero-order valence-corrected chi connectivity index (χ0v) is 13.6. The van der Waals surface area contributed by atoms with Gasteiger partial charge in [0, 0.05) is 23.4 Å². The molecule has 0 radical (unpaired) electrons. The van der Waals surface area contributed by atoms with Gasteiger partial charge < -0.3 is 9.47 Å². The molecule has 0 saturated heterocycles. The minimum absolute atomic E-state index is 0.0148. The lowest BCUT2D eigenvalue weighted by atomic mass is 9.95. The van der Waals surface area contributed by atoms with Gasteiger partial charge in [-0.15, -0.1) is 5.26 Å². The third-order valence-electron chi connectivity index (χ3n) is 3.25. The predicted octanol–water partition coefficient (Wildman–Crippen LogP) is 4.66. The van der Waals surface area contributed by atoms with E-state index in [4.69, 9.17) is 14.7 Å². The summed E-state index contributed by atoms with van der Waals surface area (Å²) in [5, 5.41) is 8.94. The summed E-state index contributed by atoms with van der Waals surface area (Å²) >= 11 is 0. The van der Waals surface area contributed by atoms with Crippen molar-refractivity contribution in [2.75, 3.05) is 0 Å². The van der Waals surface area contributed by atoms with Gasteiger partial charge in [0.2, 0.25) is 5.88 Å². The van der Waals surface area contributed by atoms with E-state index in [1.165, 1.54) is 12.1 Å². The third-order valence-corrected chi connectivity index (χ3v) is 3.25. The van der Waals surface area contributed by atoms with Gasteiger partial charge in [-0.1, -0.05) is 13.8 Å². The average molecular weight is 314 g/mol. The van der Waals surface area contributed by atoms with Gasteiger partial charge in [-0.3, -0.25) is 0 Å². The SMILES string of the molecule is CC(C)Oc1cc(-c2cc(F)cc(C(C)C)c2OC#N)ccn1. The highest BCUT2D eigenvalue weighted by molar-refractivity contribution is 5.73. The van der Waals surface area contributed by atoms with E-state index in [1.54, 1.807) is 24.6 Å². The van der Waals surface area contributed by atoms with Crippen molar-refractivity contribution < 1.29 is 13.9 Å². The van der Waals surface area contributed by atoms with Crippen molar-refractivity contribution in [1.82, 2.24) is 4.98 Å². The number of rotatable bonds is 5. The van der Waals surface area contributed by atoms with Crippen molar-refractivity contribution >= 4 is 0 Å². The highest BCUT2D eigenvalue weighted by Crippen LogP contribution is 2.38. The van der Waals surface area contributed by atoms with E-state index in [0.717, 1.165) is 0 Å². The number of benzene rings is 1. The van der Waals surface area contributed by atoms with Gasteiger partial charge in [-0.25, -0.2) is 9.37 Å². The zero-order chi connectivity index (χ0) is 17.0. The molecule has 0 amide bonds. The van der Waals surface area contributed by atoms with Crippen LogP contribution in [0.1, 0.15) is 39.2 Å². The quantitative estimate of drug-likeness (QED) is 0.753. The van der Waals surface area contributed by atoms with Crippen LogP contribution in [0.15, 0.2) is 30.5 Å². The second-order valence-corrected chi connectivity index (χ2v) is 5.77. The van der Waals surface area contributed by atoms with E-state index in [2.05, 4.69) is 4.98 Å². The summed E-state index contributed by atoms with van der Waals surface area (Å²) in [6.07, 6.45) is 3.25. The lowest BCUT2D eigenvalue weighted by Gasteiger charge is -2.16. The Bertz CT molecular complexity index is 736. The molecule has 1 aromatic carbocycles. The second kappa shape index (κ2) is 7.10. The molecule has 5 heteroatoms. The van der Waals surface area contributed by atoms with Crippen LogP contribution in [0.3, 0.4) is 0 Å². The number of halogens is 1. The first kappa shape index (κ1) is 16.8. The van der Waals surface area contributed by atoms with Crippen molar-refractivity contribution in [3.63, 3.8) is 0 Å². The summed E-state index contributed by atoms with van der Waals surface area (Å²) in [6, 6.07) is 6.19. The molecule has 0 atom stereocenters. The van der Waals surface area contributed by atoms with Crippen LogP contribution < -0.4 is 9.47 Å². The van der Waals surface area contributed by atoms with E-state index >= 15 is 0 Å². The van der Waals surface area contributed by atoms with Gasteiger partial charge in [0.05, 0.1) is 6.10 Å². The maximum atomic E-state index is 14.0. The molecule has 4 nitrogen and oxygen atoms in total. The lowest BCUT2D eigenvalue weighted by Crippen LogP contribution is -2.06. The standard InChI is InChI=1S/C18H19FN2O2/c1-11(2)15-8-14(19)9-16(18(15)22-10-20)13-5-6-21-17(7-13)23-12(3)4/h5-9,11-12H,1-4H3. The van der Waals surface area contributed by atoms with Crippen molar-refractivity contribution in [2.45, 2.75) is 39.7 Å². The fraction of sp³-hybridized carbons (Fsp3) is 0.333. The molecular weight excluding hydrogens is 295 g/mol. The monoisotopic (exact) mass is 314 g/mol. The normalized spacial score (nSPS) is 10.7. The largest absolute Gasteiger partial charge is 0.475 e. The highest BCUT2D eigenvalue weighted by Gasteiger charge is 2.18. The predicted molar refractivity (Wildman–Crippen MR) is 85.7 cm³/mol. The van der Waals surface area contributed by atoms with E-state index in [-0.39, 0.29) is 17.8 Å². The summed E-state index contributed by atoms with van der Waals surface area (Å²) in [5.74, 6) is 0.444. The van der Waals surface area contributed by atoms with Crippen LogP contribution in [0, 0.1) is 17.3 Å². The summed E-state index contributed by atoms with van der Waals surface area (Å²) in [4.78, 5) is 4.14. The minimum atomic E-state index is -0.378. The number of nitriles is 1. The van der Waals surface area contributed by atoms with Crippen molar-refractivity contribution in [1.29, 1.82) is 5.26 Å². The van der Waals surface area contributed by atoms with Crippen LogP contribution >= 0.6 is 0 Å². The number of hydrogen-bond acceptors (Lipinski definition) is 4. The molecule has 23 heavy (non-hydrogen) atoms. The van der Waals surface area contributed by atoms with Gasteiger partial charge in [-0.05, 0) is 43.5 Å². The van der Waals surface area contributed by atoms with Gasteiger partial charge >= 0.3 is 0 Å². The lowest BCUT2D eigenvalue weighted by molar-refractivity contribution is 0.233. The molecule has 0 aliphatic heterocycles. The van der Waals surface area contributed by atoms with Gasteiger partial charge in [0.25, 0.3) is 6.26 Å². The number of pyridine rings is 1. The van der Waals surface area contributed by atoms with E-state index < -0.39 is 0 Å². The fourth-order valence-corrected chi connectivity index (χ4v) is 2.30. The number of aromatic nitrogens is 1. The van der Waals surface area contributed by atoms with Crippen molar-refractivity contribution in [3.8, 4) is 29.0 Å². The van der Waals surface area contributed by atoms with Crippen molar-refractivity contribution in [3.05, 3.63) is 41.8 Å². The summed E-state index contributed by atoms with van der Waals surface area (Å²) in [6.45, 7) is 7.64. The maximum absolute atomic E-state index is 14.0. The summed E-state index contributed by atoms with van der Waals surface area (Å²) < 4.78 is 24.7. The second-order valence-electron chi connectivity index (χ2n) is 5.77. The fourth-order valence-electron chi connectivity index (χ4n) is 2.30. The molecule has 1 aromatic heterocycles. The highest BCUT2D eigenvalue weighted by atomic mass is 19.1. The first-order valence-electron chi connectivity index (χ1n) is 7.44. The molecule has 0 aliphatic rings. The average Bonchev–Trinajstić information content (AvgIpc) is 2.48. The summed E-state index contributed by atoms with van der Waals surface area (Å²) in [5.41, 5.74) is 1.83. The van der Waals surface area contributed by atoms with Crippen molar-refractivity contribution in [2.24, 2.45) is 0 Å². The molecule has 0 fully saturated rings. The molecule has 1 heterocycles. The summed E-state index contributed by atoms with van der Waals surface area (Å²) in [7, 11) is 0.